The number of aromatic nitrogens is 2. The van der Waals surface area contributed by atoms with Crippen molar-refractivity contribution in [2.45, 2.75) is 25.8 Å². The molecule has 0 saturated carbocycles. The highest BCUT2D eigenvalue weighted by Gasteiger charge is 2.26. The molecule has 1 heterocycles. The summed E-state index contributed by atoms with van der Waals surface area (Å²) in [6.45, 7) is 3.74. The van der Waals surface area contributed by atoms with Crippen LogP contribution in [-0.4, -0.2) is 10.1 Å². The van der Waals surface area contributed by atoms with Crippen molar-refractivity contribution in [2.24, 2.45) is 5.73 Å². The van der Waals surface area contributed by atoms with Crippen molar-refractivity contribution in [1.82, 2.24) is 10.1 Å². The minimum Gasteiger partial charge on any atom is -0.334 e. The van der Waals surface area contributed by atoms with Gasteiger partial charge in [0.15, 0.2) is 5.82 Å². The number of benzene rings is 1. The van der Waals surface area contributed by atoms with E-state index in [9.17, 15) is 4.39 Å². The summed E-state index contributed by atoms with van der Waals surface area (Å²) >= 11 is 0. The van der Waals surface area contributed by atoms with Gasteiger partial charge in [0.2, 0.25) is 0 Å². The van der Waals surface area contributed by atoms with Crippen LogP contribution >= 0.6 is 0 Å². The van der Waals surface area contributed by atoms with Gasteiger partial charge in [-0.25, -0.2) is 4.39 Å². The van der Waals surface area contributed by atoms with Crippen LogP contribution in [-0.2, 0) is 5.54 Å². The third kappa shape index (κ3) is 2.19. The summed E-state index contributed by atoms with van der Waals surface area (Å²) in [5.41, 5.74) is 5.62. The third-order valence-electron chi connectivity index (χ3n) is 2.78. The minimum absolute atomic E-state index is 0.156. The van der Waals surface area contributed by atoms with E-state index in [-0.39, 0.29) is 11.5 Å². The molecule has 17 heavy (non-hydrogen) atoms. The van der Waals surface area contributed by atoms with Gasteiger partial charge in [-0.05, 0) is 25.5 Å². The average molecular weight is 235 g/mol. The van der Waals surface area contributed by atoms with Gasteiger partial charge in [0.25, 0.3) is 5.89 Å². The normalized spacial score (nSPS) is 14.6. The van der Waals surface area contributed by atoms with Crippen LogP contribution in [0.15, 0.2) is 28.8 Å². The maximum Gasteiger partial charge on any atom is 0.260 e. The molecule has 0 spiro atoms. The van der Waals surface area contributed by atoms with Gasteiger partial charge in [0, 0.05) is 0 Å². The summed E-state index contributed by atoms with van der Waals surface area (Å²) in [5, 5.41) is 3.80. The average Bonchev–Trinajstić information content (AvgIpc) is 2.79. The second kappa shape index (κ2) is 4.25. The largest absolute Gasteiger partial charge is 0.334 e. The van der Waals surface area contributed by atoms with E-state index in [1.54, 1.807) is 18.2 Å². The smallest absolute Gasteiger partial charge is 0.260 e. The molecule has 0 radical (unpaired) electrons. The zero-order chi connectivity index (χ0) is 12.5. The highest BCUT2D eigenvalue weighted by Crippen LogP contribution is 2.24. The lowest BCUT2D eigenvalue weighted by atomic mass is 10.00. The van der Waals surface area contributed by atoms with Crippen molar-refractivity contribution in [3.8, 4) is 11.5 Å². The van der Waals surface area contributed by atoms with Gasteiger partial charge in [-0.3, -0.25) is 0 Å². The molecule has 0 aliphatic heterocycles. The molecule has 4 nitrogen and oxygen atoms in total. The molecule has 90 valence electrons. The van der Waals surface area contributed by atoms with Crippen LogP contribution in [0.4, 0.5) is 4.39 Å². The van der Waals surface area contributed by atoms with Gasteiger partial charge < -0.3 is 10.3 Å². The van der Waals surface area contributed by atoms with Crippen LogP contribution in [0.2, 0.25) is 0 Å². The molecule has 1 aromatic carbocycles. The Bertz CT molecular complexity index is 522. The van der Waals surface area contributed by atoms with Crippen LogP contribution in [0.3, 0.4) is 0 Å². The zero-order valence-electron chi connectivity index (χ0n) is 9.77. The summed E-state index contributed by atoms with van der Waals surface area (Å²) in [7, 11) is 0. The Morgan fingerprint density at radius 3 is 2.76 bits per heavy atom. The molecule has 0 aliphatic rings. The Morgan fingerprint density at radius 1 is 1.41 bits per heavy atom. The molecule has 5 heteroatoms. The number of halogens is 1. The van der Waals surface area contributed by atoms with Crippen LogP contribution < -0.4 is 5.73 Å². The van der Waals surface area contributed by atoms with Crippen molar-refractivity contribution >= 4 is 0 Å². The Hall–Kier alpha value is -1.75. The molecule has 2 rings (SSSR count). The molecule has 0 bridgehead atoms. The number of hydrogen-bond acceptors (Lipinski definition) is 4. The fraction of sp³-hybridized carbons (Fsp3) is 0.333. The van der Waals surface area contributed by atoms with Crippen molar-refractivity contribution < 1.29 is 8.91 Å². The molecule has 0 aliphatic carbocycles. The lowest BCUT2D eigenvalue weighted by Crippen LogP contribution is -2.33. The van der Waals surface area contributed by atoms with E-state index < -0.39 is 11.4 Å². The Balaban J connectivity index is 2.40. The zero-order valence-corrected chi connectivity index (χ0v) is 9.77. The molecule has 0 fully saturated rings. The van der Waals surface area contributed by atoms with E-state index >= 15 is 0 Å². The molecule has 0 amide bonds. The molecule has 2 aromatic rings. The van der Waals surface area contributed by atoms with Crippen LogP contribution in [0.1, 0.15) is 26.1 Å². The Labute approximate surface area is 98.6 Å². The van der Waals surface area contributed by atoms with E-state index in [0.29, 0.717) is 12.2 Å². The maximum atomic E-state index is 13.5. The van der Waals surface area contributed by atoms with Crippen molar-refractivity contribution in [1.29, 1.82) is 0 Å². The summed E-state index contributed by atoms with van der Waals surface area (Å²) in [5.74, 6) is 0.152. The van der Waals surface area contributed by atoms with Gasteiger partial charge in [0.1, 0.15) is 5.82 Å². The number of nitrogens with zero attached hydrogens (tertiary/aromatic N) is 2. The van der Waals surface area contributed by atoms with Gasteiger partial charge in [0.05, 0.1) is 11.1 Å². The minimum atomic E-state index is -0.660. The van der Waals surface area contributed by atoms with E-state index in [1.807, 2.05) is 13.8 Å². The number of rotatable bonds is 3. The van der Waals surface area contributed by atoms with Gasteiger partial charge in [-0.15, -0.1) is 0 Å². The first kappa shape index (κ1) is 11.7. The lowest BCUT2D eigenvalue weighted by Gasteiger charge is -2.16. The SMILES string of the molecule is CCC(C)(N)c1noc(-c2ccccc2F)n1. The second-order valence-electron chi connectivity index (χ2n) is 4.17. The van der Waals surface area contributed by atoms with Gasteiger partial charge in [-0.1, -0.05) is 24.2 Å². The second-order valence-corrected chi connectivity index (χ2v) is 4.17. The Morgan fingerprint density at radius 2 is 2.12 bits per heavy atom. The van der Waals surface area contributed by atoms with Crippen molar-refractivity contribution in [3.63, 3.8) is 0 Å². The highest BCUT2D eigenvalue weighted by molar-refractivity contribution is 5.53. The molecular formula is C12H14FN3O. The predicted molar refractivity (Wildman–Crippen MR) is 61.5 cm³/mol. The number of nitrogens with two attached hydrogens (primary N) is 1. The quantitative estimate of drug-likeness (QED) is 0.887. The fourth-order valence-electron chi connectivity index (χ4n) is 1.36. The molecule has 2 N–H and O–H groups in total. The number of hydrogen-bond donors (Lipinski definition) is 1. The molecule has 1 atom stereocenters. The first-order valence-corrected chi connectivity index (χ1v) is 5.42. The molecule has 1 unspecified atom stereocenters. The van der Waals surface area contributed by atoms with Crippen LogP contribution in [0.5, 0.6) is 0 Å². The van der Waals surface area contributed by atoms with E-state index in [1.165, 1.54) is 6.07 Å². The van der Waals surface area contributed by atoms with Crippen molar-refractivity contribution in [2.75, 3.05) is 0 Å². The Kier molecular flexibility index (Phi) is 2.93. The molecular weight excluding hydrogens is 221 g/mol. The molecule has 1 aromatic heterocycles. The summed E-state index contributed by atoms with van der Waals surface area (Å²) < 4.78 is 18.5. The van der Waals surface area contributed by atoms with Crippen molar-refractivity contribution in [3.05, 3.63) is 35.9 Å². The van der Waals surface area contributed by atoms with Gasteiger partial charge >= 0.3 is 0 Å². The third-order valence-corrected chi connectivity index (χ3v) is 2.78. The topological polar surface area (TPSA) is 64.9 Å². The summed E-state index contributed by atoms with van der Waals surface area (Å²) in [4.78, 5) is 4.14. The van der Waals surface area contributed by atoms with Crippen LogP contribution in [0.25, 0.3) is 11.5 Å². The van der Waals surface area contributed by atoms with E-state index in [4.69, 9.17) is 10.3 Å². The lowest BCUT2D eigenvalue weighted by molar-refractivity contribution is 0.378. The maximum absolute atomic E-state index is 13.5. The summed E-state index contributed by atoms with van der Waals surface area (Å²) in [6, 6.07) is 6.26. The standard InChI is InChI=1S/C12H14FN3O/c1-3-12(2,14)11-15-10(17-16-11)8-6-4-5-7-9(8)13/h4-7H,3,14H2,1-2H3. The predicted octanol–water partition coefficient (Wildman–Crippen LogP) is 2.46. The fourth-order valence-corrected chi connectivity index (χ4v) is 1.36. The van der Waals surface area contributed by atoms with Crippen LogP contribution in [0, 0.1) is 5.82 Å². The van der Waals surface area contributed by atoms with Gasteiger partial charge in [-0.2, -0.15) is 4.98 Å². The first-order valence-electron chi connectivity index (χ1n) is 5.42. The summed E-state index contributed by atoms with van der Waals surface area (Å²) in [6.07, 6.45) is 0.670. The van der Waals surface area contributed by atoms with E-state index in [2.05, 4.69) is 10.1 Å². The highest BCUT2D eigenvalue weighted by atomic mass is 19.1. The first-order chi connectivity index (χ1) is 8.04. The molecule has 0 saturated heterocycles. The van der Waals surface area contributed by atoms with E-state index in [0.717, 1.165) is 0 Å². The monoisotopic (exact) mass is 235 g/mol.